The summed E-state index contributed by atoms with van der Waals surface area (Å²) in [5.74, 6) is 1.46. The molecule has 0 bridgehead atoms. The van der Waals surface area contributed by atoms with Crippen LogP contribution in [0.25, 0.3) is 0 Å². The highest BCUT2D eigenvalue weighted by Gasteiger charge is 2.26. The summed E-state index contributed by atoms with van der Waals surface area (Å²) in [6, 6.07) is 0. The minimum atomic E-state index is -0.000812. The van der Waals surface area contributed by atoms with Gasteiger partial charge in [-0.15, -0.1) is 0 Å². The number of hydrogen-bond acceptors (Lipinski definition) is 3. The average Bonchev–Trinajstić information content (AvgIpc) is 2.38. The molecule has 0 unspecified atom stereocenters. The summed E-state index contributed by atoms with van der Waals surface area (Å²) in [7, 11) is 1.81. The van der Waals surface area contributed by atoms with Crippen molar-refractivity contribution in [3.63, 3.8) is 0 Å². The van der Waals surface area contributed by atoms with Crippen molar-refractivity contribution in [1.82, 2.24) is 9.97 Å². The van der Waals surface area contributed by atoms with E-state index in [2.05, 4.69) is 41.7 Å². The zero-order valence-corrected chi connectivity index (χ0v) is 13.8. The van der Waals surface area contributed by atoms with Gasteiger partial charge >= 0.3 is 0 Å². The molecule has 1 aromatic rings. The third-order valence-corrected chi connectivity index (χ3v) is 4.45. The van der Waals surface area contributed by atoms with Gasteiger partial charge < -0.3 is 4.74 Å². The second-order valence-corrected chi connectivity index (χ2v) is 7.24. The first-order valence-corrected chi connectivity index (χ1v) is 7.77. The average molecular weight is 327 g/mol. The van der Waals surface area contributed by atoms with Crippen LogP contribution in [0.15, 0.2) is 10.7 Å². The van der Waals surface area contributed by atoms with Gasteiger partial charge in [0.25, 0.3) is 0 Å². The lowest BCUT2D eigenvalue weighted by Gasteiger charge is -2.28. The summed E-state index contributed by atoms with van der Waals surface area (Å²) >= 11 is 3.61. The van der Waals surface area contributed by atoms with E-state index in [1.165, 1.54) is 5.69 Å². The fraction of sp³-hybridized carbons (Fsp3) is 0.733. The van der Waals surface area contributed by atoms with Gasteiger partial charge in [-0.2, -0.15) is 0 Å². The molecule has 0 aliphatic heterocycles. The molecule has 1 aliphatic rings. The predicted molar refractivity (Wildman–Crippen MR) is 80.4 cm³/mol. The maximum atomic E-state index is 5.44. The molecule has 4 heteroatoms. The standard InChI is InChI=1S/C15H23BrN2O/c1-15(2,3)14-17-9-12(16)13(18-14)10-5-7-11(19-4)8-6-10/h9-11H,5-8H2,1-4H3/t10-,11-. The van der Waals surface area contributed by atoms with E-state index in [4.69, 9.17) is 9.72 Å². The molecule has 0 N–H and O–H groups in total. The Labute approximate surface area is 124 Å². The van der Waals surface area contributed by atoms with Crippen molar-refractivity contribution in [2.45, 2.75) is 63.9 Å². The van der Waals surface area contributed by atoms with E-state index < -0.39 is 0 Å². The van der Waals surface area contributed by atoms with Crippen LogP contribution in [-0.4, -0.2) is 23.2 Å². The topological polar surface area (TPSA) is 35.0 Å². The number of aromatic nitrogens is 2. The number of hydrogen-bond donors (Lipinski definition) is 0. The van der Waals surface area contributed by atoms with Crippen LogP contribution in [0.3, 0.4) is 0 Å². The Bertz CT molecular complexity index is 434. The quantitative estimate of drug-likeness (QED) is 0.816. The Balaban J connectivity index is 2.20. The van der Waals surface area contributed by atoms with Crippen LogP contribution in [0.5, 0.6) is 0 Å². The molecule has 0 amide bonds. The van der Waals surface area contributed by atoms with Crippen molar-refractivity contribution in [3.05, 3.63) is 22.2 Å². The van der Waals surface area contributed by atoms with Gasteiger partial charge in [0, 0.05) is 24.6 Å². The number of nitrogens with zero attached hydrogens (tertiary/aromatic N) is 2. The molecule has 1 aromatic heterocycles. The molecule has 106 valence electrons. The second-order valence-electron chi connectivity index (χ2n) is 6.39. The van der Waals surface area contributed by atoms with E-state index in [-0.39, 0.29) is 5.41 Å². The van der Waals surface area contributed by atoms with Crippen LogP contribution in [0.1, 0.15) is 63.9 Å². The Morgan fingerprint density at radius 3 is 2.37 bits per heavy atom. The number of halogens is 1. The predicted octanol–water partition coefficient (Wildman–Crippen LogP) is 4.21. The van der Waals surface area contributed by atoms with Crippen LogP contribution >= 0.6 is 15.9 Å². The van der Waals surface area contributed by atoms with E-state index >= 15 is 0 Å². The number of rotatable bonds is 2. The van der Waals surface area contributed by atoms with Crippen LogP contribution in [0, 0.1) is 0 Å². The molecular weight excluding hydrogens is 304 g/mol. The van der Waals surface area contributed by atoms with Gasteiger partial charge in [0.05, 0.1) is 16.3 Å². The van der Waals surface area contributed by atoms with Crippen molar-refractivity contribution >= 4 is 15.9 Å². The third kappa shape index (κ3) is 3.54. The lowest BCUT2D eigenvalue weighted by atomic mass is 9.85. The van der Waals surface area contributed by atoms with Gasteiger partial charge in [-0.3, -0.25) is 0 Å². The zero-order chi connectivity index (χ0) is 14.0. The summed E-state index contributed by atoms with van der Waals surface area (Å²) in [6.07, 6.45) is 6.89. The van der Waals surface area contributed by atoms with Gasteiger partial charge in [-0.25, -0.2) is 9.97 Å². The number of ether oxygens (including phenoxy) is 1. The van der Waals surface area contributed by atoms with Crippen LogP contribution in [0.4, 0.5) is 0 Å². The molecule has 1 fully saturated rings. The molecule has 3 nitrogen and oxygen atoms in total. The molecule has 1 heterocycles. The first-order chi connectivity index (χ1) is 8.91. The normalized spacial score (nSPS) is 24.5. The molecule has 2 rings (SSSR count). The Morgan fingerprint density at radius 1 is 1.21 bits per heavy atom. The van der Waals surface area contributed by atoms with Gasteiger partial charge in [0.15, 0.2) is 0 Å². The van der Waals surface area contributed by atoms with Crippen molar-refractivity contribution < 1.29 is 4.74 Å². The molecule has 19 heavy (non-hydrogen) atoms. The first-order valence-electron chi connectivity index (χ1n) is 6.97. The molecule has 0 saturated heterocycles. The fourth-order valence-corrected chi connectivity index (χ4v) is 3.11. The maximum Gasteiger partial charge on any atom is 0.133 e. The summed E-state index contributed by atoms with van der Waals surface area (Å²) < 4.78 is 6.48. The molecule has 0 radical (unpaired) electrons. The van der Waals surface area contributed by atoms with Crippen molar-refractivity contribution in [2.24, 2.45) is 0 Å². The van der Waals surface area contributed by atoms with E-state index in [1.54, 1.807) is 0 Å². The van der Waals surface area contributed by atoms with E-state index in [0.29, 0.717) is 12.0 Å². The highest BCUT2D eigenvalue weighted by Crippen LogP contribution is 2.36. The van der Waals surface area contributed by atoms with Gasteiger partial charge in [-0.1, -0.05) is 20.8 Å². The van der Waals surface area contributed by atoms with Crippen LogP contribution < -0.4 is 0 Å². The Kier molecular flexibility index (Phi) is 4.62. The summed E-state index contributed by atoms with van der Waals surface area (Å²) in [5.41, 5.74) is 1.17. The third-order valence-electron chi connectivity index (χ3n) is 3.84. The second kappa shape index (κ2) is 5.88. The van der Waals surface area contributed by atoms with Crippen LogP contribution in [-0.2, 0) is 10.2 Å². The zero-order valence-electron chi connectivity index (χ0n) is 12.2. The first kappa shape index (κ1) is 14.9. The fourth-order valence-electron chi connectivity index (χ4n) is 2.60. The van der Waals surface area contributed by atoms with Gasteiger partial charge in [0.2, 0.25) is 0 Å². The lowest BCUT2D eigenvalue weighted by Crippen LogP contribution is -2.22. The Morgan fingerprint density at radius 2 is 1.84 bits per heavy atom. The maximum absolute atomic E-state index is 5.44. The molecule has 0 spiro atoms. The van der Waals surface area contributed by atoms with E-state index in [9.17, 15) is 0 Å². The smallest absolute Gasteiger partial charge is 0.133 e. The van der Waals surface area contributed by atoms with Crippen molar-refractivity contribution in [2.75, 3.05) is 7.11 Å². The van der Waals surface area contributed by atoms with Gasteiger partial charge in [-0.05, 0) is 41.6 Å². The molecule has 1 aliphatic carbocycles. The van der Waals surface area contributed by atoms with Gasteiger partial charge in [0.1, 0.15) is 5.82 Å². The molecule has 0 aromatic carbocycles. The minimum Gasteiger partial charge on any atom is -0.381 e. The Hall–Kier alpha value is -0.480. The van der Waals surface area contributed by atoms with Crippen molar-refractivity contribution in [3.8, 4) is 0 Å². The van der Waals surface area contributed by atoms with Crippen molar-refractivity contribution in [1.29, 1.82) is 0 Å². The highest BCUT2D eigenvalue weighted by atomic mass is 79.9. The van der Waals surface area contributed by atoms with E-state index in [0.717, 1.165) is 36.0 Å². The van der Waals surface area contributed by atoms with E-state index in [1.807, 2.05) is 13.3 Å². The largest absolute Gasteiger partial charge is 0.381 e. The molecule has 1 saturated carbocycles. The van der Waals surface area contributed by atoms with Crippen LogP contribution in [0.2, 0.25) is 0 Å². The monoisotopic (exact) mass is 326 g/mol. The summed E-state index contributed by atoms with van der Waals surface area (Å²) in [4.78, 5) is 9.27. The SMILES string of the molecule is CO[C@H]1CC[C@H](c2nc(C(C)(C)C)ncc2Br)CC1. The summed E-state index contributed by atoms with van der Waals surface area (Å²) in [5, 5.41) is 0. The molecular formula is C15H23BrN2O. The summed E-state index contributed by atoms with van der Waals surface area (Å²) in [6.45, 7) is 6.46. The molecule has 0 atom stereocenters. The minimum absolute atomic E-state index is 0.000812. The number of methoxy groups -OCH3 is 1. The lowest BCUT2D eigenvalue weighted by molar-refractivity contribution is 0.0654. The highest BCUT2D eigenvalue weighted by molar-refractivity contribution is 9.10.